The number of halogens is 1. The lowest BCUT2D eigenvalue weighted by Gasteiger charge is -2.27. The summed E-state index contributed by atoms with van der Waals surface area (Å²) in [6, 6.07) is 17.7. The van der Waals surface area contributed by atoms with Crippen LogP contribution in [0.5, 0.6) is 0 Å². The van der Waals surface area contributed by atoms with Crippen molar-refractivity contribution in [3.8, 4) is 11.4 Å². The minimum Gasteiger partial charge on any atom is -0.306 e. The van der Waals surface area contributed by atoms with Gasteiger partial charge in [0.15, 0.2) is 0 Å². The van der Waals surface area contributed by atoms with Gasteiger partial charge in [0.2, 0.25) is 0 Å². The minimum atomic E-state index is -0.0330. The maximum Gasteiger partial charge on any atom is 0.254 e. The van der Waals surface area contributed by atoms with E-state index in [1.165, 1.54) is 5.56 Å². The number of rotatable bonds is 3. The second-order valence-electron chi connectivity index (χ2n) is 6.29. The lowest BCUT2D eigenvalue weighted by molar-refractivity contribution is 0.240. The number of aromatic amines is 1. The molecule has 25 heavy (non-hydrogen) atoms. The lowest BCUT2D eigenvalue weighted by atomic mass is 10.0. The normalized spacial score (nSPS) is 14.3. The third-order valence-electron chi connectivity index (χ3n) is 4.52. The van der Waals surface area contributed by atoms with E-state index in [-0.39, 0.29) is 5.56 Å². The molecule has 2 heterocycles. The van der Waals surface area contributed by atoms with Crippen molar-refractivity contribution in [2.75, 3.05) is 6.54 Å². The summed E-state index contributed by atoms with van der Waals surface area (Å²) < 4.78 is 0. The summed E-state index contributed by atoms with van der Waals surface area (Å²) in [6.45, 7) is 2.42. The average Bonchev–Trinajstić information content (AvgIpc) is 2.63. The molecule has 0 amide bonds. The molecule has 0 fully saturated rings. The number of hydrogen-bond acceptors (Lipinski definition) is 3. The van der Waals surface area contributed by atoms with Crippen LogP contribution >= 0.6 is 11.6 Å². The molecule has 0 saturated carbocycles. The van der Waals surface area contributed by atoms with Gasteiger partial charge in [0.25, 0.3) is 5.56 Å². The van der Waals surface area contributed by atoms with Crippen molar-refractivity contribution < 1.29 is 0 Å². The van der Waals surface area contributed by atoms with E-state index in [0.29, 0.717) is 17.4 Å². The largest absolute Gasteiger partial charge is 0.306 e. The van der Waals surface area contributed by atoms with E-state index in [4.69, 9.17) is 16.6 Å². The SMILES string of the molecule is O=c1[nH]c(-c2ccc(Cl)cc2)nc2c1CCN(Cc1ccccc1)C2. The van der Waals surface area contributed by atoms with Crippen molar-refractivity contribution in [1.29, 1.82) is 0 Å². The van der Waals surface area contributed by atoms with Crippen LogP contribution in [0.25, 0.3) is 11.4 Å². The summed E-state index contributed by atoms with van der Waals surface area (Å²) in [5, 5.41) is 0.665. The molecule has 1 aromatic heterocycles. The fourth-order valence-electron chi connectivity index (χ4n) is 3.21. The van der Waals surface area contributed by atoms with Crippen LogP contribution in [0.15, 0.2) is 59.4 Å². The van der Waals surface area contributed by atoms with Gasteiger partial charge in [-0.3, -0.25) is 9.69 Å². The quantitative estimate of drug-likeness (QED) is 0.783. The Kier molecular flexibility index (Phi) is 4.38. The highest BCUT2D eigenvalue weighted by molar-refractivity contribution is 6.30. The summed E-state index contributed by atoms with van der Waals surface area (Å²) in [4.78, 5) is 22.4. The Morgan fingerprint density at radius 1 is 1.08 bits per heavy atom. The molecule has 2 aromatic carbocycles. The van der Waals surface area contributed by atoms with Gasteiger partial charge in [-0.15, -0.1) is 0 Å². The van der Waals surface area contributed by atoms with Crippen LogP contribution in [-0.4, -0.2) is 21.4 Å². The second kappa shape index (κ2) is 6.82. The molecule has 0 bridgehead atoms. The van der Waals surface area contributed by atoms with Crippen LogP contribution in [0.1, 0.15) is 16.8 Å². The van der Waals surface area contributed by atoms with Crippen LogP contribution < -0.4 is 5.56 Å². The Morgan fingerprint density at radius 3 is 2.60 bits per heavy atom. The molecule has 3 aromatic rings. The zero-order valence-electron chi connectivity index (χ0n) is 13.7. The first-order chi connectivity index (χ1) is 12.2. The highest BCUT2D eigenvalue weighted by Crippen LogP contribution is 2.21. The van der Waals surface area contributed by atoms with Gasteiger partial charge in [-0.1, -0.05) is 41.9 Å². The van der Waals surface area contributed by atoms with Gasteiger partial charge in [0.1, 0.15) is 5.82 Å². The van der Waals surface area contributed by atoms with Crippen LogP contribution in [0.4, 0.5) is 0 Å². The smallest absolute Gasteiger partial charge is 0.254 e. The van der Waals surface area contributed by atoms with Gasteiger partial charge in [0.05, 0.1) is 5.69 Å². The molecule has 0 unspecified atom stereocenters. The summed E-state index contributed by atoms with van der Waals surface area (Å²) in [5.74, 6) is 0.599. The monoisotopic (exact) mass is 351 g/mol. The van der Waals surface area contributed by atoms with E-state index in [9.17, 15) is 4.79 Å². The fourth-order valence-corrected chi connectivity index (χ4v) is 3.34. The van der Waals surface area contributed by atoms with Gasteiger partial charge in [-0.05, 0) is 36.2 Å². The zero-order valence-corrected chi connectivity index (χ0v) is 14.5. The first-order valence-corrected chi connectivity index (χ1v) is 8.71. The molecule has 5 heteroatoms. The zero-order chi connectivity index (χ0) is 17.2. The van der Waals surface area contributed by atoms with E-state index in [0.717, 1.165) is 36.3 Å². The number of nitrogens with zero attached hydrogens (tertiary/aromatic N) is 2. The number of H-pyrrole nitrogens is 1. The van der Waals surface area contributed by atoms with E-state index < -0.39 is 0 Å². The Labute approximate surface area is 151 Å². The van der Waals surface area contributed by atoms with Crippen molar-refractivity contribution in [3.05, 3.63) is 86.8 Å². The molecular weight excluding hydrogens is 334 g/mol. The van der Waals surface area contributed by atoms with E-state index in [1.807, 2.05) is 18.2 Å². The molecule has 1 aliphatic rings. The van der Waals surface area contributed by atoms with Gasteiger partial charge < -0.3 is 4.98 Å². The van der Waals surface area contributed by atoms with E-state index >= 15 is 0 Å². The van der Waals surface area contributed by atoms with Crippen molar-refractivity contribution in [3.63, 3.8) is 0 Å². The Morgan fingerprint density at radius 2 is 1.84 bits per heavy atom. The number of benzene rings is 2. The molecule has 1 N–H and O–H groups in total. The molecule has 0 radical (unpaired) electrons. The van der Waals surface area contributed by atoms with Crippen LogP contribution in [0, 0.1) is 0 Å². The number of hydrogen-bond donors (Lipinski definition) is 1. The molecule has 0 saturated heterocycles. The number of aromatic nitrogens is 2. The van der Waals surface area contributed by atoms with Crippen LogP contribution in [0.2, 0.25) is 5.02 Å². The highest BCUT2D eigenvalue weighted by atomic mass is 35.5. The predicted octanol–water partition coefficient (Wildman–Crippen LogP) is 3.65. The third-order valence-corrected chi connectivity index (χ3v) is 4.77. The summed E-state index contributed by atoms with van der Waals surface area (Å²) >= 11 is 5.94. The molecule has 4 nitrogen and oxygen atoms in total. The second-order valence-corrected chi connectivity index (χ2v) is 6.73. The molecule has 0 aliphatic carbocycles. The number of nitrogens with one attached hydrogen (secondary N) is 1. The standard InChI is InChI=1S/C20H18ClN3O/c21-16-8-6-15(7-9-16)19-22-18-13-24(11-10-17(18)20(25)23-19)12-14-4-2-1-3-5-14/h1-9H,10-13H2,(H,22,23,25). The molecule has 126 valence electrons. The van der Waals surface area contributed by atoms with Gasteiger partial charge >= 0.3 is 0 Å². The van der Waals surface area contributed by atoms with Gasteiger partial charge in [0, 0.05) is 35.8 Å². The maximum atomic E-state index is 12.4. The molecule has 0 atom stereocenters. The Hall–Kier alpha value is -2.43. The fraction of sp³-hybridized carbons (Fsp3) is 0.200. The molecular formula is C20H18ClN3O. The topological polar surface area (TPSA) is 49.0 Å². The average molecular weight is 352 g/mol. The summed E-state index contributed by atoms with van der Waals surface area (Å²) in [7, 11) is 0. The highest BCUT2D eigenvalue weighted by Gasteiger charge is 2.21. The van der Waals surface area contributed by atoms with Gasteiger partial charge in [-0.2, -0.15) is 0 Å². The van der Waals surface area contributed by atoms with Crippen LogP contribution in [0.3, 0.4) is 0 Å². The van der Waals surface area contributed by atoms with Crippen molar-refractivity contribution in [2.24, 2.45) is 0 Å². The molecule has 0 spiro atoms. The summed E-state index contributed by atoms with van der Waals surface area (Å²) in [6.07, 6.45) is 0.728. The molecule has 1 aliphatic heterocycles. The van der Waals surface area contributed by atoms with E-state index in [1.54, 1.807) is 12.1 Å². The Balaban J connectivity index is 1.62. The third kappa shape index (κ3) is 3.50. The van der Waals surface area contributed by atoms with Crippen LogP contribution in [-0.2, 0) is 19.5 Å². The van der Waals surface area contributed by atoms with Crippen molar-refractivity contribution in [1.82, 2.24) is 14.9 Å². The lowest BCUT2D eigenvalue weighted by Crippen LogP contribution is -2.35. The summed E-state index contributed by atoms with van der Waals surface area (Å²) in [5.41, 5.74) is 3.78. The predicted molar refractivity (Wildman–Crippen MR) is 99.6 cm³/mol. The number of fused-ring (bicyclic) bond motifs is 1. The van der Waals surface area contributed by atoms with Crippen molar-refractivity contribution in [2.45, 2.75) is 19.5 Å². The van der Waals surface area contributed by atoms with Gasteiger partial charge in [-0.25, -0.2) is 4.98 Å². The maximum absolute atomic E-state index is 12.4. The minimum absolute atomic E-state index is 0.0330. The van der Waals surface area contributed by atoms with Crippen molar-refractivity contribution >= 4 is 11.6 Å². The first kappa shape index (κ1) is 16.1. The molecule has 4 rings (SSSR count). The van der Waals surface area contributed by atoms with E-state index in [2.05, 4.69) is 34.1 Å². The first-order valence-electron chi connectivity index (χ1n) is 8.33. The Bertz CT molecular complexity index is 935.